The molecule has 0 aliphatic carbocycles. The lowest BCUT2D eigenvalue weighted by Gasteiger charge is -2.09. The van der Waals surface area contributed by atoms with Crippen molar-refractivity contribution in [1.82, 2.24) is 15.5 Å². The van der Waals surface area contributed by atoms with Crippen molar-refractivity contribution in [1.29, 1.82) is 0 Å². The lowest BCUT2D eigenvalue weighted by Crippen LogP contribution is -2.13. The molecule has 0 atom stereocenters. The fourth-order valence-corrected chi connectivity index (χ4v) is 1.96. The van der Waals surface area contributed by atoms with Gasteiger partial charge in [-0.1, -0.05) is 5.16 Å². The van der Waals surface area contributed by atoms with Gasteiger partial charge in [0.1, 0.15) is 0 Å². The summed E-state index contributed by atoms with van der Waals surface area (Å²) in [5.74, 6) is 1.12. The van der Waals surface area contributed by atoms with E-state index in [4.69, 9.17) is 4.74 Å². The van der Waals surface area contributed by atoms with Gasteiger partial charge in [0.25, 0.3) is 0 Å². The van der Waals surface area contributed by atoms with Crippen LogP contribution in [0.3, 0.4) is 0 Å². The molecule has 0 bridgehead atoms. The average Bonchev–Trinajstić information content (AvgIpc) is 2.86. The van der Waals surface area contributed by atoms with E-state index in [9.17, 15) is 5.11 Å². The van der Waals surface area contributed by atoms with Crippen LogP contribution < -0.4 is 10.1 Å². The molecule has 96 valence electrons. The molecule has 1 heterocycles. The number of hydrogen-bond acceptors (Lipinski definition) is 6. The predicted octanol–water partition coefficient (Wildman–Crippen LogP) is 1.84. The summed E-state index contributed by atoms with van der Waals surface area (Å²) in [5.41, 5.74) is 0.972. The van der Waals surface area contributed by atoms with E-state index in [0.29, 0.717) is 29.1 Å². The SMILES string of the molecule is COc1cc(CNCc2ncon2)cc(Br)c1O. The van der Waals surface area contributed by atoms with Crippen LogP contribution in [0.25, 0.3) is 0 Å². The van der Waals surface area contributed by atoms with Crippen molar-refractivity contribution in [2.75, 3.05) is 7.11 Å². The van der Waals surface area contributed by atoms with Crippen LogP contribution in [0.5, 0.6) is 11.5 Å². The van der Waals surface area contributed by atoms with Gasteiger partial charge in [-0.25, -0.2) is 0 Å². The number of halogens is 1. The highest BCUT2D eigenvalue weighted by Crippen LogP contribution is 2.35. The minimum absolute atomic E-state index is 0.0967. The molecule has 2 rings (SSSR count). The van der Waals surface area contributed by atoms with Gasteiger partial charge < -0.3 is 19.7 Å². The molecule has 2 N–H and O–H groups in total. The van der Waals surface area contributed by atoms with Gasteiger partial charge in [0, 0.05) is 6.54 Å². The largest absolute Gasteiger partial charge is 0.503 e. The quantitative estimate of drug-likeness (QED) is 0.876. The molecule has 1 aromatic heterocycles. The maximum absolute atomic E-state index is 9.67. The molecule has 18 heavy (non-hydrogen) atoms. The first kappa shape index (κ1) is 12.8. The zero-order chi connectivity index (χ0) is 13.0. The minimum Gasteiger partial charge on any atom is -0.503 e. The fourth-order valence-electron chi connectivity index (χ4n) is 1.47. The van der Waals surface area contributed by atoms with Crippen molar-refractivity contribution in [3.8, 4) is 11.5 Å². The standard InChI is InChI=1S/C11H12BrN3O3/c1-17-9-3-7(2-8(12)11(9)16)4-13-5-10-14-6-18-15-10/h2-3,6,13,16H,4-5H2,1H3. The Hall–Kier alpha value is -1.60. The number of phenolic OH excluding ortho intramolecular Hbond substituents is 1. The third-order valence-electron chi connectivity index (χ3n) is 2.33. The van der Waals surface area contributed by atoms with Crippen LogP contribution in [-0.2, 0) is 13.1 Å². The van der Waals surface area contributed by atoms with Crippen molar-refractivity contribution < 1.29 is 14.4 Å². The number of ether oxygens (including phenoxy) is 1. The van der Waals surface area contributed by atoms with Gasteiger partial charge in [0.2, 0.25) is 6.39 Å². The first-order chi connectivity index (χ1) is 8.70. The van der Waals surface area contributed by atoms with E-state index in [1.54, 1.807) is 6.07 Å². The second-order valence-corrected chi connectivity index (χ2v) is 4.43. The molecule has 0 amide bonds. The van der Waals surface area contributed by atoms with E-state index in [1.165, 1.54) is 13.5 Å². The van der Waals surface area contributed by atoms with E-state index >= 15 is 0 Å². The summed E-state index contributed by atoms with van der Waals surface area (Å²) < 4.78 is 10.3. The number of aromatic nitrogens is 2. The van der Waals surface area contributed by atoms with Gasteiger partial charge in [0.15, 0.2) is 17.3 Å². The lowest BCUT2D eigenvalue weighted by molar-refractivity contribution is 0.371. The summed E-state index contributed by atoms with van der Waals surface area (Å²) in [6.07, 6.45) is 1.29. The molecule has 0 saturated heterocycles. The molecule has 1 aromatic carbocycles. The third-order valence-corrected chi connectivity index (χ3v) is 2.93. The highest BCUT2D eigenvalue weighted by atomic mass is 79.9. The van der Waals surface area contributed by atoms with Crippen molar-refractivity contribution in [2.45, 2.75) is 13.1 Å². The monoisotopic (exact) mass is 313 g/mol. The van der Waals surface area contributed by atoms with Crippen molar-refractivity contribution >= 4 is 15.9 Å². The van der Waals surface area contributed by atoms with Crippen LogP contribution >= 0.6 is 15.9 Å². The van der Waals surface area contributed by atoms with Gasteiger partial charge in [-0.3, -0.25) is 0 Å². The average molecular weight is 314 g/mol. The zero-order valence-electron chi connectivity index (χ0n) is 9.68. The molecular formula is C11H12BrN3O3. The summed E-state index contributed by atoms with van der Waals surface area (Å²) in [4.78, 5) is 3.90. The van der Waals surface area contributed by atoms with E-state index in [-0.39, 0.29) is 5.75 Å². The van der Waals surface area contributed by atoms with Crippen LogP contribution in [0.2, 0.25) is 0 Å². The summed E-state index contributed by atoms with van der Waals surface area (Å²) in [6.45, 7) is 1.11. The van der Waals surface area contributed by atoms with Crippen LogP contribution in [-0.4, -0.2) is 22.4 Å². The van der Waals surface area contributed by atoms with Crippen molar-refractivity contribution in [3.05, 3.63) is 34.4 Å². The highest BCUT2D eigenvalue weighted by molar-refractivity contribution is 9.10. The molecule has 0 fully saturated rings. The van der Waals surface area contributed by atoms with E-state index in [2.05, 4.69) is 35.9 Å². The first-order valence-corrected chi connectivity index (χ1v) is 6.01. The Morgan fingerprint density at radius 2 is 2.28 bits per heavy atom. The van der Waals surface area contributed by atoms with Gasteiger partial charge in [-0.05, 0) is 33.6 Å². The molecule has 0 radical (unpaired) electrons. The molecule has 0 aliphatic rings. The number of nitrogens with one attached hydrogen (secondary N) is 1. The van der Waals surface area contributed by atoms with Crippen LogP contribution in [0.1, 0.15) is 11.4 Å². The zero-order valence-corrected chi connectivity index (χ0v) is 11.3. The van der Waals surface area contributed by atoms with Crippen LogP contribution in [0.15, 0.2) is 27.5 Å². The number of aromatic hydroxyl groups is 1. The van der Waals surface area contributed by atoms with E-state index < -0.39 is 0 Å². The second kappa shape index (κ2) is 5.83. The molecule has 6 nitrogen and oxygen atoms in total. The Labute approximate surface area is 112 Å². The number of rotatable bonds is 5. The Morgan fingerprint density at radius 1 is 1.44 bits per heavy atom. The number of benzene rings is 1. The third kappa shape index (κ3) is 2.99. The van der Waals surface area contributed by atoms with Gasteiger partial charge >= 0.3 is 0 Å². The second-order valence-electron chi connectivity index (χ2n) is 3.58. The molecule has 0 unspecified atom stereocenters. The normalized spacial score (nSPS) is 10.6. The van der Waals surface area contributed by atoms with E-state index in [0.717, 1.165) is 5.56 Å². The minimum atomic E-state index is 0.0967. The van der Waals surface area contributed by atoms with Gasteiger partial charge in [-0.2, -0.15) is 4.98 Å². The lowest BCUT2D eigenvalue weighted by atomic mass is 10.2. The predicted molar refractivity (Wildman–Crippen MR) is 67.2 cm³/mol. The highest BCUT2D eigenvalue weighted by Gasteiger charge is 2.08. The number of nitrogens with zero attached hydrogens (tertiary/aromatic N) is 2. The molecule has 7 heteroatoms. The Morgan fingerprint density at radius 3 is 2.94 bits per heavy atom. The van der Waals surface area contributed by atoms with Gasteiger partial charge in [-0.15, -0.1) is 0 Å². The maximum Gasteiger partial charge on any atom is 0.213 e. The number of phenols is 1. The van der Waals surface area contributed by atoms with Crippen molar-refractivity contribution in [2.24, 2.45) is 0 Å². The Kier molecular flexibility index (Phi) is 4.16. The molecule has 2 aromatic rings. The topological polar surface area (TPSA) is 80.4 Å². The summed E-state index contributed by atoms with van der Waals surface area (Å²) in [5, 5.41) is 16.5. The fraction of sp³-hybridized carbons (Fsp3) is 0.273. The maximum atomic E-state index is 9.67. The summed E-state index contributed by atoms with van der Waals surface area (Å²) in [7, 11) is 1.51. The molecular weight excluding hydrogens is 302 g/mol. The summed E-state index contributed by atoms with van der Waals surface area (Å²) >= 11 is 3.27. The number of hydrogen-bond donors (Lipinski definition) is 2. The number of methoxy groups -OCH3 is 1. The molecule has 0 saturated carbocycles. The molecule has 0 spiro atoms. The van der Waals surface area contributed by atoms with Gasteiger partial charge in [0.05, 0.1) is 18.1 Å². The van der Waals surface area contributed by atoms with E-state index in [1.807, 2.05) is 6.07 Å². The molecule has 0 aliphatic heterocycles. The van der Waals surface area contributed by atoms with Crippen molar-refractivity contribution in [3.63, 3.8) is 0 Å². The van der Waals surface area contributed by atoms with Crippen LogP contribution in [0.4, 0.5) is 0 Å². The first-order valence-electron chi connectivity index (χ1n) is 5.22. The summed E-state index contributed by atoms with van der Waals surface area (Å²) in [6, 6.07) is 3.59. The Bertz CT molecular complexity index is 517. The van der Waals surface area contributed by atoms with Crippen LogP contribution in [0, 0.1) is 0 Å². The Balaban J connectivity index is 1.99. The smallest absolute Gasteiger partial charge is 0.213 e.